The lowest BCUT2D eigenvalue weighted by molar-refractivity contribution is -0.141. The monoisotopic (exact) mass is 260 g/mol. The number of nitrogens with zero attached hydrogens (tertiary/aromatic N) is 2. The maximum atomic E-state index is 13.6. The van der Waals surface area contributed by atoms with E-state index in [0.717, 1.165) is 6.07 Å². The highest BCUT2D eigenvalue weighted by atomic mass is 35.5. The molecule has 0 radical (unpaired) electrons. The quantitative estimate of drug-likeness (QED) is 0.762. The number of carbonyl (C=O) groups excluding carboxylic acids is 1. The highest BCUT2D eigenvalue weighted by molar-refractivity contribution is 6.30. The van der Waals surface area contributed by atoms with Gasteiger partial charge < -0.3 is 9.64 Å². The lowest BCUT2D eigenvalue weighted by Crippen LogP contribution is -2.32. The topological polar surface area (TPSA) is 42.4 Å². The van der Waals surface area contributed by atoms with Crippen LogP contribution in [0.3, 0.4) is 0 Å². The number of esters is 1. The highest BCUT2D eigenvalue weighted by Crippen LogP contribution is 2.19. The lowest BCUT2D eigenvalue weighted by Gasteiger charge is -2.21. The number of likely N-dealkylation sites (N-methyl/N-ethyl adjacent to an activating group) is 1. The number of hydrogen-bond donors (Lipinski definition) is 0. The van der Waals surface area contributed by atoms with E-state index in [1.807, 2.05) is 0 Å². The van der Waals surface area contributed by atoms with Crippen LogP contribution in [0.15, 0.2) is 12.3 Å². The van der Waals surface area contributed by atoms with Gasteiger partial charge in [-0.3, -0.25) is 4.79 Å². The number of halogens is 2. The fraction of sp³-hybridized carbons (Fsp3) is 0.455. The molecule has 1 aromatic rings. The zero-order valence-corrected chi connectivity index (χ0v) is 10.5. The summed E-state index contributed by atoms with van der Waals surface area (Å²) in [4.78, 5) is 16.7. The second-order valence-electron chi connectivity index (χ2n) is 3.28. The summed E-state index contributed by atoms with van der Waals surface area (Å²) in [6.45, 7) is 4.23. The summed E-state index contributed by atoms with van der Waals surface area (Å²) in [7, 11) is 0. The Morgan fingerprint density at radius 1 is 1.59 bits per heavy atom. The van der Waals surface area contributed by atoms with E-state index < -0.39 is 11.8 Å². The van der Waals surface area contributed by atoms with Gasteiger partial charge in [0, 0.05) is 12.7 Å². The first-order valence-corrected chi connectivity index (χ1v) is 5.67. The molecule has 0 aromatic carbocycles. The molecule has 0 saturated carbocycles. The number of pyridine rings is 1. The van der Waals surface area contributed by atoms with Crippen molar-refractivity contribution in [2.75, 3.05) is 24.6 Å². The van der Waals surface area contributed by atoms with Crippen molar-refractivity contribution in [1.29, 1.82) is 0 Å². The Morgan fingerprint density at radius 2 is 2.29 bits per heavy atom. The minimum Gasteiger partial charge on any atom is -0.465 e. The second-order valence-corrected chi connectivity index (χ2v) is 3.71. The van der Waals surface area contributed by atoms with E-state index >= 15 is 0 Å². The highest BCUT2D eigenvalue weighted by Gasteiger charge is 2.16. The van der Waals surface area contributed by atoms with Gasteiger partial charge in [-0.25, -0.2) is 9.37 Å². The molecule has 17 heavy (non-hydrogen) atoms. The molecule has 0 aliphatic rings. The molecule has 1 rings (SSSR count). The molecule has 1 aromatic heterocycles. The van der Waals surface area contributed by atoms with Gasteiger partial charge in [-0.05, 0) is 19.9 Å². The van der Waals surface area contributed by atoms with E-state index in [1.165, 1.54) is 11.1 Å². The van der Waals surface area contributed by atoms with Crippen molar-refractivity contribution in [3.05, 3.63) is 23.1 Å². The fourth-order valence-electron chi connectivity index (χ4n) is 1.34. The summed E-state index contributed by atoms with van der Waals surface area (Å²) in [5, 5.41) is 0.221. The molecule has 1 heterocycles. The molecular weight excluding hydrogens is 247 g/mol. The molecule has 0 fully saturated rings. The van der Waals surface area contributed by atoms with Crippen LogP contribution in [0.4, 0.5) is 10.2 Å². The summed E-state index contributed by atoms with van der Waals surface area (Å²) in [5.74, 6) is -0.862. The second kappa shape index (κ2) is 6.39. The molecule has 0 bridgehead atoms. The number of rotatable bonds is 5. The standard InChI is InChI=1S/C11H14ClFN2O2/c1-3-15(7-10(16)17-4-2)11-9(13)5-8(12)6-14-11/h5-6H,3-4,7H2,1-2H3. The summed E-state index contributed by atoms with van der Waals surface area (Å²) in [6, 6.07) is 1.16. The van der Waals surface area contributed by atoms with Crippen LogP contribution in [-0.4, -0.2) is 30.6 Å². The van der Waals surface area contributed by atoms with Crippen molar-refractivity contribution < 1.29 is 13.9 Å². The van der Waals surface area contributed by atoms with E-state index in [1.54, 1.807) is 13.8 Å². The Morgan fingerprint density at radius 3 is 2.82 bits per heavy atom. The van der Waals surface area contributed by atoms with Crippen LogP contribution in [0.5, 0.6) is 0 Å². The van der Waals surface area contributed by atoms with E-state index in [9.17, 15) is 9.18 Å². The number of ether oxygens (including phenoxy) is 1. The van der Waals surface area contributed by atoms with Crippen LogP contribution in [-0.2, 0) is 9.53 Å². The smallest absolute Gasteiger partial charge is 0.325 e. The van der Waals surface area contributed by atoms with Crippen LogP contribution in [0.2, 0.25) is 5.02 Å². The zero-order valence-electron chi connectivity index (χ0n) is 9.74. The van der Waals surface area contributed by atoms with E-state index in [2.05, 4.69) is 4.98 Å². The molecule has 0 saturated heterocycles. The van der Waals surface area contributed by atoms with Gasteiger partial charge in [0.15, 0.2) is 11.6 Å². The van der Waals surface area contributed by atoms with Crippen molar-refractivity contribution in [2.45, 2.75) is 13.8 Å². The molecule has 0 unspecified atom stereocenters. The van der Waals surface area contributed by atoms with Gasteiger partial charge in [-0.15, -0.1) is 0 Å². The largest absolute Gasteiger partial charge is 0.465 e. The van der Waals surface area contributed by atoms with Gasteiger partial charge in [0.25, 0.3) is 0 Å². The molecule has 0 spiro atoms. The number of anilines is 1. The number of aromatic nitrogens is 1. The zero-order chi connectivity index (χ0) is 12.8. The average molecular weight is 261 g/mol. The van der Waals surface area contributed by atoms with Crippen LogP contribution in [0.1, 0.15) is 13.8 Å². The minimum atomic E-state index is -0.552. The Labute approximate surface area is 104 Å². The van der Waals surface area contributed by atoms with Crippen LogP contribution >= 0.6 is 11.6 Å². The van der Waals surface area contributed by atoms with Crippen LogP contribution in [0.25, 0.3) is 0 Å². The Balaban J connectivity index is 2.82. The first kappa shape index (κ1) is 13.7. The molecule has 0 atom stereocenters. The third-order valence-corrected chi connectivity index (χ3v) is 2.30. The SMILES string of the molecule is CCOC(=O)CN(CC)c1ncc(Cl)cc1F. The van der Waals surface area contributed by atoms with Crippen molar-refractivity contribution in [2.24, 2.45) is 0 Å². The minimum absolute atomic E-state index is 0.0319. The Kier molecular flexibility index (Phi) is 5.15. The van der Waals surface area contributed by atoms with Gasteiger partial charge in [0.1, 0.15) is 6.54 Å². The predicted molar refractivity (Wildman–Crippen MR) is 63.7 cm³/mol. The summed E-state index contributed by atoms with van der Waals surface area (Å²) in [5.41, 5.74) is 0. The van der Waals surface area contributed by atoms with Gasteiger partial charge in [0.05, 0.1) is 11.6 Å². The summed E-state index contributed by atoms with van der Waals surface area (Å²) < 4.78 is 18.4. The first-order chi connectivity index (χ1) is 8.08. The van der Waals surface area contributed by atoms with Crippen LogP contribution in [0, 0.1) is 5.82 Å². The Hall–Kier alpha value is -1.36. The lowest BCUT2D eigenvalue weighted by atomic mass is 10.4. The first-order valence-electron chi connectivity index (χ1n) is 5.30. The van der Waals surface area contributed by atoms with Crippen molar-refractivity contribution in [3.8, 4) is 0 Å². The van der Waals surface area contributed by atoms with Crippen molar-refractivity contribution in [1.82, 2.24) is 4.98 Å². The van der Waals surface area contributed by atoms with E-state index in [-0.39, 0.29) is 17.4 Å². The molecule has 0 amide bonds. The third-order valence-electron chi connectivity index (χ3n) is 2.09. The molecule has 0 aliphatic heterocycles. The molecule has 4 nitrogen and oxygen atoms in total. The van der Waals surface area contributed by atoms with Crippen molar-refractivity contribution >= 4 is 23.4 Å². The number of carbonyl (C=O) groups is 1. The van der Waals surface area contributed by atoms with Crippen molar-refractivity contribution in [3.63, 3.8) is 0 Å². The maximum Gasteiger partial charge on any atom is 0.325 e. The molecule has 0 N–H and O–H groups in total. The van der Waals surface area contributed by atoms with Gasteiger partial charge in [-0.2, -0.15) is 0 Å². The molecule has 94 valence electrons. The van der Waals surface area contributed by atoms with Gasteiger partial charge in [-0.1, -0.05) is 11.6 Å². The summed E-state index contributed by atoms with van der Waals surface area (Å²) in [6.07, 6.45) is 1.34. The van der Waals surface area contributed by atoms with Crippen LogP contribution < -0.4 is 4.90 Å². The normalized spacial score (nSPS) is 10.1. The molecule has 0 aliphatic carbocycles. The molecule has 6 heteroatoms. The Bertz CT molecular complexity index is 401. The average Bonchev–Trinajstić information content (AvgIpc) is 2.27. The predicted octanol–water partition coefficient (Wildman–Crippen LogP) is 2.26. The van der Waals surface area contributed by atoms with Gasteiger partial charge >= 0.3 is 5.97 Å². The summed E-state index contributed by atoms with van der Waals surface area (Å²) >= 11 is 5.61. The fourth-order valence-corrected chi connectivity index (χ4v) is 1.48. The number of hydrogen-bond acceptors (Lipinski definition) is 4. The van der Waals surface area contributed by atoms with E-state index in [4.69, 9.17) is 16.3 Å². The maximum absolute atomic E-state index is 13.6. The van der Waals surface area contributed by atoms with E-state index in [0.29, 0.717) is 13.2 Å². The molecular formula is C11H14ClFN2O2. The third kappa shape index (κ3) is 3.85. The van der Waals surface area contributed by atoms with Gasteiger partial charge in [0.2, 0.25) is 0 Å².